The maximum absolute atomic E-state index is 13.4. The minimum atomic E-state index is -4.30. The van der Waals surface area contributed by atoms with Crippen LogP contribution in [0.4, 0.5) is 19.0 Å². The van der Waals surface area contributed by atoms with Crippen molar-refractivity contribution in [3.8, 4) is 0 Å². The fraction of sp³-hybridized carbons (Fsp3) is 0.316. The van der Waals surface area contributed by atoms with Gasteiger partial charge in [0.25, 0.3) is 0 Å². The van der Waals surface area contributed by atoms with Crippen LogP contribution in [0.5, 0.6) is 0 Å². The molecule has 0 spiro atoms. The summed E-state index contributed by atoms with van der Waals surface area (Å²) in [7, 11) is 0. The molecule has 1 unspecified atom stereocenters. The van der Waals surface area contributed by atoms with Gasteiger partial charge >= 0.3 is 6.18 Å². The second-order valence-corrected chi connectivity index (χ2v) is 6.69. The Balaban J connectivity index is 1.91. The van der Waals surface area contributed by atoms with Gasteiger partial charge in [-0.1, -0.05) is 24.8 Å². The first kappa shape index (κ1) is 16.0. The topological polar surface area (TPSA) is 40.7 Å². The van der Waals surface area contributed by atoms with Gasteiger partial charge in [-0.05, 0) is 37.3 Å². The van der Waals surface area contributed by atoms with Crippen molar-refractivity contribution in [1.29, 1.82) is 0 Å². The average molecular weight is 345 g/mol. The summed E-state index contributed by atoms with van der Waals surface area (Å²) in [4.78, 5) is 7.59. The molecule has 3 nitrogen and oxygen atoms in total. The minimum absolute atomic E-state index is 0.268. The number of aromatic amines is 1. The van der Waals surface area contributed by atoms with Crippen LogP contribution in [-0.2, 0) is 0 Å². The van der Waals surface area contributed by atoms with E-state index < -0.39 is 12.2 Å². The third-order valence-corrected chi connectivity index (χ3v) is 4.77. The highest BCUT2D eigenvalue weighted by molar-refractivity contribution is 6.14. The number of pyridine rings is 1. The zero-order chi connectivity index (χ0) is 17.8. The molecule has 6 heteroatoms. The van der Waals surface area contributed by atoms with E-state index in [1.54, 1.807) is 12.3 Å². The van der Waals surface area contributed by atoms with Crippen LogP contribution >= 0.6 is 0 Å². The van der Waals surface area contributed by atoms with Gasteiger partial charge in [-0.15, -0.1) is 0 Å². The van der Waals surface area contributed by atoms with Crippen LogP contribution in [0.3, 0.4) is 0 Å². The predicted molar refractivity (Wildman–Crippen MR) is 94.6 cm³/mol. The maximum Gasteiger partial charge on any atom is 0.408 e. The number of aromatic nitrogens is 2. The maximum atomic E-state index is 13.4. The summed E-state index contributed by atoms with van der Waals surface area (Å²) in [5.74, 6) is -0.103. The highest BCUT2D eigenvalue weighted by Gasteiger charge is 2.49. The van der Waals surface area contributed by atoms with Gasteiger partial charge in [0, 0.05) is 22.7 Å². The third kappa shape index (κ3) is 2.75. The lowest BCUT2D eigenvalue weighted by Gasteiger charge is -2.22. The lowest BCUT2D eigenvalue weighted by Crippen LogP contribution is -2.38. The van der Waals surface area contributed by atoms with Crippen LogP contribution in [0.2, 0.25) is 0 Å². The molecule has 3 aromatic rings. The summed E-state index contributed by atoms with van der Waals surface area (Å²) in [5.41, 5.74) is 3.48. The van der Waals surface area contributed by atoms with Gasteiger partial charge in [-0.25, -0.2) is 4.98 Å². The van der Waals surface area contributed by atoms with Crippen molar-refractivity contribution in [2.45, 2.75) is 32.0 Å². The van der Waals surface area contributed by atoms with E-state index >= 15 is 0 Å². The summed E-state index contributed by atoms with van der Waals surface area (Å²) in [6.07, 6.45) is 0.106. The molecule has 1 atom stereocenters. The molecule has 2 aromatic heterocycles. The molecule has 0 aliphatic heterocycles. The number of benzene rings is 1. The Labute approximate surface area is 142 Å². The van der Waals surface area contributed by atoms with Gasteiger partial charge in [0.2, 0.25) is 0 Å². The number of nitrogens with zero attached hydrogens (tertiary/aromatic N) is 1. The van der Waals surface area contributed by atoms with Gasteiger partial charge in [-0.2, -0.15) is 13.2 Å². The Bertz CT molecular complexity index is 967. The molecule has 1 saturated carbocycles. The number of hydrogen-bond acceptors (Lipinski definition) is 2. The molecule has 4 rings (SSSR count). The molecule has 0 bridgehead atoms. The quantitative estimate of drug-likeness (QED) is 0.663. The van der Waals surface area contributed by atoms with E-state index in [0.717, 1.165) is 27.5 Å². The number of anilines is 1. The molecule has 1 aliphatic rings. The van der Waals surface area contributed by atoms with Crippen LogP contribution in [0, 0.1) is 12.8 Å². The van der Waals surface area contributed by atoms with Crippen molar-refractivity contribution in [3.63, 3.8) is 0 Å². The van der Waals surface area contributed by atoms with E-state index in [1.165, 1.54) is 0 Å². The molecule has 0 amide bonds. The second kappa shape index (κ2) is 5.51. The summed E-state index contributed by atoms with van der Waals surface area (Å²) >= 11 is 0. The molecule has 1 aromatic carbocycles. The van der Waals surface area contributed by atoms with Crippen LogP contribution in [0.25, 0.3) is 27.9 Å². The first-order valence-corrected chi connectivity index (χ1v) is 8.25. The zero-order valence-corrected chi connectivity index (χ0v) is 13.7. The van der Waals surface area contributed by atoms with Crippen LogP contribution in [0.1, 0.15) is 24.0 Å². The van der Waals surface area contributed by atoms with E-state index in [2.05, 4.69) is 21.9 Å². The number of halogens is 3. The lowest BCUT2D eigenvalue weighted by molar-refractivity contribution is -0.146. The van der Waals surface area contributed by atoms with E-state index in [-0.39, 0.29) is 11.7 Å². The number of aryl methyl sites for hydroxylation is 1. The summed E-state index contributed by atoms with van der Waals surface area (Å²) in [5, 5.41) is 4.22. The van der Waals surface area contributed by atoms with Crippen molar-refractivity contribution in [2.24, 2.45) is 5.92 Å². The largest absolute Gasteiger partial charge is 0.408 e. The lowest BCUT2D eigenvalue weighted by atomic mass is 10.1. The zero-order valence-electron chi connectivity index (χ0n) is 13.7. The number of H-pyrrole nitrogens is 1. The molecule has 0 radical (unpaired) electrons. The Morgan fingerprint density at radius 1 is 1.36 bits per heavy atom. The summed E-state index contributed by atoms with van der Waals surface area (Å²) < 4.78 is 40.3. The van der Waals surface area contributed by atoms with Gasteiger partial charge in [0.15, 0.2) is 0 Å². The Hall–Kier alpha value is -2.50. The van der Waals surface area contributed by atoms with E-state index in [1.807, 2.05) is 25.1 Å². The first-order valence-electron chi connectivity index (χ1n) is 8.25. The van der Waals surface area contributed by atoms with Crippen molar-refractivity contribution in [3.05, 3.63) is 42.1 Å². The van der Waals surface area contributed by atoms with Crippen molar-refractivity contribution >= 4 is 33.7 Å². The SMILES string of the molecule is C=Cc1cnc(NC(C2CC2)C(F)(F)F)c2c1[nH]c1cc(C)ccc12. The van der Waals surface area contributed by atoms with E-state index in [9.17, 15) is 13.2 Å². The minimum Gasteiger partial charge on any atom is -0.358 e. The molecular weight excluding hydrogens is 327 g/mol. The van der Waals surface area contributed by atoms with Crippen molar-refractivity contribution in [1.82, 2.24) is 9.97 Å². The van der Waals surface area contributed by atoms with Crippen LogP contribution in [0.15, 0.2) is 31.0 Å². The monoisotopic (exact) mass is 345 g/mol. The molecule has 130 valence electrons. The number of rotatable bonds is 4. The van der Waals surface area contributed by atoms with Gasteiger partial charge in [0.1, 0.15) is 11.9 Å². The van der Waals surface area contributed by atoms with E-state index in [0.29, 0.717) is 18.2 Å². The molecule has 2 heterocycles. The molecule has 1 aliphatic carbocycles. The fourth-order valence-corrected chi connectivity index (χ4v) is 3.35. The molecule has 1 fully saturated rings. The Kier molecular flexibility index (Phi) is 3.52. The standard InChI is InChI=1S/C19H18F3N3/c1-3-11-9-23-18(25-17(12-5-6-12)19(20,21)22)15-13-7-4-10(2)8-14(13)24-16(11)15/h3-4,7-9,12,17,24H,1,5-6H2,2H3,(H,23,25). The van der Waals surface area contributed by atoms with Gasteiger partial charge in [0.05, 0.1) is 10.9 Å². The van der Waals surface area contributed by atoms with E-state index in [4.69, 9.17) is 0 Å². The predicted octanol–water partition coefficient (Wildman–Crippen LogP) is 5.42. The van der Waals surface area contributed by atoms with Gasteiger partial charge in [-0.3, -0.25) is 0 Å². The average Bonchev–Trinajstić information content (AvgIpc) is 3.30. The first-order chi connectivity index (χ1) is 11.9. The number of alkyl halides is 3. The van der Waals surface area contributed by atoms with Crippen molar-refractivity contribution < 1.29 is 13.2 Å². The second-order valence-electron chi connectivity index (χ2n) is 6.69. The number of hydrogen-bond donors (Lipinski definition) is 2. The Morgan fingerprint density at radius 2 is 2.12 bits per heavy atom. The van der Waals surface area contributed by atoms with Crippen LogP contribution in [-0.4, -0.2) is 22.2 Å². The fourth-order valence-electron chi connectivity index (χ4n) is 3.35. The van der Waals surface area contributed by atoms with Gasteiger partial charge < -0.3 is 10.3 Å². The normalized spacial score (nSPS) is 16.3. The molecule has 2 N–H and O–H groups in total. The highest BCUT2D eigenvalue weighted by atomic mass is 19.4. The Morgan fingerprint density at radius 3 is 2.76 bits per heavy atom. The molecule has 25 heavy (non-hydrogen) atoms. The molecule has 0 saturated heterocycles. The summed E-state index contributed by atoms with van der Waals surface area (Å²) in [6, 6.07) is 4.28. The van der Waals surface area contributed by atoms with Crippen molar-refractivity contribution in [2.75, 3.05) is 5.32 Å². The number of nitrogens with one attached hydrogen (secondary N) is 2. The highest BCUT2D eigenvalue weighted by Crippen LogP contribution is 2.43. The smallest absolute Gasteiger partial charge is 0.358 e. The third-order valence-electron chi connectivity index (χ3n) is 4.77. The number of fused-ring (bicyclic) bond motifs is 3. The van der Waals surface area contributed by atoms with Crippen LogP contribution < -0.4 is 5.32 Å². The molecular formula is C19H18F3N3. The summed E-state index contributed by atoms with van der Waals surface area (Å²) in [6.45, 7) is 5.75.